The molecule has 0 fully saturated rings. The van der Waals surface area contributed by atoms with Gasteiger partial charge in [0.15, 0.2) is 0 Å². The van der Waals surface area contributed by atoms with Gasteiger partial charge >= 0.3 is 5.97 Å². The van der Waals surface area contributed by atoms with Gasteiger partial charge in [-0.3, -0.25) is 0 Å². The summed E-state index contributed by atoms with van der Waals surface area (Å²) >= 11 is 0. The Hall–Kier alpha value is -1.40. The maximum atomic E-state index is 12.7. The predicted octanol–water partition coefficient (Wildman–Crippen LogP) is 2.53. The number of carbonyl (C=O) groups is 1. The molecule has 1 aromatic rings. The molecule has 0 atom stereocenters. The van der Waals surface area contributed by atoms with Gasteiger partial charge in [0.05, 0.1) is 17.6 Å². The number of benzene rings is 1. The van der Waals surface area contributed by atoms with E-state index in [0.717, 1.165) is 0 Å². The van der Waals surface area contributed by atoms with E-state index in [1.54, 1.807) is 0 Å². The van der Waals surface area contributed by atoms with E-state index in [1.807, 2.05) is 27.7 Å². The van der Waals surface area contributed by atoms with Gasteiger partial charge in [-0.15, -0.1) is 0 Å². The Morgan fingerprint density at radius 2 is 1.67 bits per heavy atom. The van der Waals surface area contributed by atoms with E-state index in [0.29, 0.717) is 12.1 Å². The molecule has 0 aliphatic rings. The van der Waals surface area contributed by atoms with Crippen LogP contribution in [0.2, 0.25) is 0 Å². The molecule has 0 aliphatic heterocycles. The predicted molar refractivity (Wildman–Crippen MR) is 81.6 cm³/mol. The number of ether oxygens (including phenoxy) is 1. The summed E-state index contributed by atoms with van der Waals surface area (Å²) in [4.78, 5) is 11.6. The Morgan fingerprint density at radius 3 is 2.05 bits per heavy atom. The fourth-order valence-corrected chi connectivity index (χ4v) is 3.76. The van der Waals surface area contributed by atoms with Crippen molar-refractivity contribution < 1.29 is 17.9 Å². The van der Waals surface area contributed by atoms with E-state index in [2.05, 4.69) is 4.74 Å². The Balaban J connectivity index is 3.13. The Bertz CT molecular complexity index is 576. The number of methoxy groups -OCH3 is 1. The van der Waals surface area contributed by atoms with Gasteiger partial charge in [-0.05, 0) is 44.0 Å². The van der Waals surface area contributed by atoms with Crippen molar-refractivity contribution in [2.45, 2.75) is 38.6 Å². The Morgan fingerprint density at radius 1 is 1.14 bits per heavy atom. The van der Waals surface area contributed by atoms with Gasteiger partial charge in [0.1, 0.15) is 0 Å². The smallest absolute Gasteiger partial charge is 0.337 e. The zero-order valence-electron chi connectivity index (χ0n) is 13.2. The molecule has 21 heavy (non-hydrogen) atoms. The maximum absolute atomic E-state index is 12.7. The number of hydrogen-bond donors (Lipinski definition) is 0. The standard InChI is InChI=1S/C15H23NO4S/c1-11(2)10-16(12(3)4)21(18,19)14-8-6-13(7-9-14)15(17)20-5/h6-9,11-12H,10H2,1-5H3. The second-order valence-electron chi connectivity index (χ2n) is 5.58. The lowest BCUT2D eigenvalue weighted by Crippen LogP contribution is -2.39. The van der Waals surface area contributed by atoms with Gasteiger partial charge in [0, 0.05) is 12.6 Å². The van der Waals surface area contributed by atoms with Crippen LogP contribution >= 0.6 is 0 Å². The minimum Gasteiger partial charge on any atom is -0.465 e. The first kappa shape index (κ1) is 17.7. The summed E-state index contributed by atoms with van der Waals surface area (Å²) in [7, 11) is -2.28. The monoisotopic (exact) mass is 313 g/mol. The maximum Gasteiger partial charge on any atom is 0.337 e. The van der Waals surface area contributed by atoms with Crippen LogP contribution in [0.3, 0.4) is 0 Å². The van der Waals surface area contributed by atoms with Crippen molar-refractivity contribution in [1.29, 1.82) is 0 Å². The molecular formula is C15H23NO4S. The van der Waals surface area contributed by atoms with Crippen molar-refractivity contribution in [2.75, 3.05) is 13.7 Å². The average Bonchev–Trinajstić information content (AvgIpc) is 2.43. The number of hydrogen-bond acceptors (Lipinski definition) is 4. The highest BCUT2D eigenvalue weighted by atomic mass is 32.2. The van der Waals surface area contributed by atoms with Crippen LogP contribution in [0.25, 0.3) is 0 Å². The first-order valence-electron chi connectivity index (χ1n) is 6.90. The van der Waals surface area contributed by atoms with Crippen molar-refractivity contribution >= 4 is 16.0 Å². The summed E-state index contributed by atoms with van der Waals surface area (Å²) < 4.78 is 31.4. The van der Waals surface area contributed by atoms with Gasteiger partial charge < -0.3 is 4.74 Å². The van der Waals surface area contributed by atoms with Gasteiger partial charge in [-0.25, -0.2) is 13.2 Å². The van der Waals surface area contributed by atoms with Crippen LogP contribution in [0.5, 0.6) is 0 Å². The SMILES string of the molecule is COC(=O)c1ccc(S(=O)(=O)N(CC(C)C)C(C)C)cc1. The van der Waals surface area contributed by atoms with Crippen LogP contribution in [0.15, 0.2) is 29.2 Å². The second-order valence-corrected chi connectivity index (χ2v) is 7.47. The van der Waals surface area contributed by atoms with Crippen LogP contribution in [0.4, 0.5) is 0 Å². The lowest BCUT2D eigenvalue weighted by Gasteiger charge is -2.27. The van der Waals surface area contributed by atoms with E-state index in [1.165, 1.54) is 35.7 Å². The van der Waals surface area contributed by atoms with Crippen molar-refractivity contribution in [3.63, 3.8) is 0 Å². The van der Waals surface area contributed by atoms with Crippen LogP contribution < -0.4 is 0 Å². The van der Waals surface area contributed by atoms with E-state index in [-0.39, 0.29) is 16.9 Å². The minimum atomic E-state index is -3.56. The van der Waals surface area contributed by atoms with Crippen LogP contribution in [-0.2, 0) is 14.8 Å². The quantitative estimate of drug-likeness (QED) is 0.757. The normalized spacial score (nSPS) is 12.2. The molecule has 6 heteroatoms. The molecule has 0 spiro atoms. The molecule has 0 saturated heterocycles. The Kier molecular flexibility index (Phi) is 5.92. The summed E-state index contributed by atoms with van der Waals surface area (Å²) in [5, 5.41) is 0. The molecule has 0 aromatic heterocycles. The lowest BCUT2D eigenvalue weighted by atomic mass is 10.2. The average molecular weight is 313 g/mol. The summed E-state index contributed by atoms with van der Waals surface area (Å²) in [6.45, 7) is 8.11. The Labute approximate surface area is 127 Å². The van der Waals surface area contributed by atoms with E-state index in [4.69, 9.17) is 0 Å². The fraction of sp³-hybridized carbons (Fsp3) is 0.533. The van der Waals surface area contributed by atoms with Gasteiger partial charge in [0.2, 0.25) is 10.0 Å². The largest absolute Gasteiger partial charge is 0.465 e. The zero-order chi connectivity index (χ0) is 16.2. The second kappa shape index (κ2) is 7.04. The highest BCUT2D eigenvalue weighted by Gasteiger charge is 2.27. The van der Waals surface area contributed by atoms with Gasteiger partial charge in [-0.2, -0.15) is 4.31 Å². The molecule has 0 heterocycles. The molecule has 0 bridgehead atoms. The molecule has 1 rings (SSSR count). The number of esters is 1. The fourth-order valence-electron chi connectivity index (χ4n) is 1.96. The highest BCUT2D eigenvalue weighted by molar-refractivity contribution is 7.89. The van der Waals surface area contributed by atoms with Crippen molar-refractivity contribution in [1.82, 2.24) is 4.31 Å². The third-order valence-electron chi connectivity index (χ3n) is 3.00. The third-order valence-corrected chi connectivity index (χ3v) is 5.06. The molecular weight excluding hydrogens is 290 g/mol. The molecule has 0 saturated carbocycles. The van der Waals surface area contributed by atoms with Crippen molar-refractivity contribution in [3.05, 3.63) is 29.8 Å². The van der Waals surface area contributed by atoms with Gasteiger partial charge in [0.25, 0.3) is 0 Å². The topological polar surface area (TPSA) is 63.7 Å². The van der Waals surface area contributed by atoms with Crippen LogP contribution in [-0.4, -0.2) is 38.4 Å². The summed E-state index contributed by atoms with van der Waals surface area (Å²) in [5.41, 5.74) is 0.330. The molecule has 0 N–H and O–H groups in total. The molecule has 5 nitrogen and oxygen atoms in total. The minimum absolute atomic E-state index is 0.127. The summed E-state index contributed by atoms with van der Waals surface area (Å²) in [5.74, 6) is -0.252. The molecule has 0 unspecified atom stereocenters. The lowest BCUT2D eigenvalue weighted by molar-refractivity contribution is 0.0600. The number of carbonyl (C=O) groups excluding carboxylic acids is 1. The molecule has 0 amide bonds. The first-order valence-corrected chi connectivity index (χ1v) is 8.34. The van der Waals surface area contributed by atoms with Crippen LogP contribution in [0.1, 0.15) is 38.1 Å². The molecule has 1 aromatic carbocycles. The van der Waals surface area contributed by atoms with E-state index >= 15 is 0 Å². The number of sulfonamides is 1. The zero-order valence-corrected chi connectivity index (χ0v) is 14.0. The molecule has 0 radical (unpaired) electrons. The molecule has 118 valence electrons. The molecule has 0 aliphatic carbocycles. The summed E-state index contributed by atoms with van der Waals surface area (Å²) in [6, 6.07) is 5.69. The van der Waals surface area contributed by atoms with E-state index < -0.39 is 16.0 Å². The third kappa shape index (κ3) is 4.28. The van der Waals surface area contributed by atoms with Crippen molar-refractivity contribution in [2.24, 2.45) is 5.92 Å². The highest BCUT2D eigenvalue weighted by Crippen LogP contribution is 2.20. The van der Waals surface area contributed by atoms with Crippen LogP contribution in [0, 0.1) is 5.92 Å². The van der Waals surface area contributed by atoms with E-state index in [9.17, 15) is 13.2 Å². The van der Waals surface area contributed by atoms with Gasteiger partial charge in [-0.1, -0.05) is 13.8 Å². The number of nitrogens with zero attached hydrogens (tertiary/aromatic N) is 1. The summed E-state index contributed by atoms with van der Waals surface area (Å²) in [6.07, 6.45) is 0. The number of rotatable bonds is 6. The first-order chi connectivity index (χ1) is 9.70. The van der Waals surface area contributed by atoms with Crippen molar-refractivity contribution in [3.8, 4) is 0 Å².